The third-order valence-corrected chi connectivity index (χ3v) is 2.56. The summed E-state index contributed by atoms with van der Waals surface area (Å²) in [5.41, 5.74) is -0.559. The molecule has 1 aromatic rings. The summed E-state index contributed by atoms with van der Waals surface area (Å²) in [6.07, 6.45) is 0.302. The fraction of sp³-hybridized carbons (Fsp3) is 0.364. The largest absolute Gasteiger partial charge is 0.481 e. The van der Waals surface area contributed by atoms with E-state index in [2.05, 4.69) is 0 Å². The van der Waals surface area contributed by atoms with Gasteiger partial charge in [0.1, 0.15) is 0 Å². The van der Waals surface area contributed by atoms with Gasteiger partial charge in [-0.25, -0.2) is 0 Å². The Kier molecular flexibility index (Phi) is 4.14. The van der Waals surface area contributed by atoms with Gasteiger partial charge in [-0.3, -0.25) is 14.9 Å². The number of hydrogen-bond acceptors (Lipinski definition) is 3. The van der Waals surface area contributed by atoms with Crippen LogP contribution in [0.4, 0.5) is 10.1 Å². The Bertz CT molecular complexity index is 447. The minimum atomic E-state index is -1.03. The third kappa shape index (κ3) is 2.99. The van der Waals surface area contributed by atoms with Crippen LogP contribution in [0.5, 0.6) is 0 Å². The summed E-state index contributed by atoms with van der Waals surface area (Å²) in [6, 6.07) is 3.78. The summed E-state index contributed by atoms with van der Waals surface area (Å²) in [7, 11) is 0. The Balaban J connectivity index is 3.03. The summed E-state index contributed by atoms with van der Waals surface area (Å²) in [5, 5.41) is 19.4. The van der Waals surface area contributed by atoms with Gasteiger partial charge in [-0.1, -0.05) is 19.1 Å². The van der Waals surface area contributed by atoms with Crippen LogP contribution < -0.4 is 0 Å². The van der Waals surface area contributed by atoms with Crippen molar-refractivity contribution < 1.29 is 19.2 Å². The summed E-state index contributed by atoms with van der Waals surface area (Å²) < 4.78 is 13.6. The zero-order valence-electron chi connectivity index (χ0n) is 9.22. The maximum Gasteiger partial charge on any atom is 0.306 e. The van der Waals surface area contributed by atoms with Gasteiger partial charge in [-0.15, -0.1) is 0 Å². The van der Waals surface area contributed by atoms with Crippen molar-refractivity contribution >= 4 is 11.7 Å². The molecule has 0 fully saturated rings. The van der Waals surface area contributed by atoms with E-state index >= 15 is 0 Å². The quantitative estimate of drug-likeness (QED) is 0.634. The fourth-order valence-corrected chi connectivity index (χ4v) is 1.54. The molecule has 0 aromatic heterocycles. The molecule has 1 N–H and O–H groups in total. The SMILES string of the molecule is CCC(Cc1cccc([N+](=O)[O-])c1F)C(=O)O. The molecule has 0 radical (unpaired) electrons. The second-order valence-electron chi connectivity index (χ2n) is 3.65. The van der Waals surface area contributed by atoms with Gasteiger partial charge >= 0.3 is 11.7 Å². The van der Waals surface area contributed by atoms with E-state index in [0.29, 0.717) is 6.42 Å². The van der Waals surface area contributed by atoms with E-state index in [9.17, 15) is 19.3 Å². The molecule has 1 atom stereocenters. The lowest BCUT2D eigenvalue weighted by Crippen LogP contribution is -2.16. The monoisotopic (exact) mass is 241 g/mol. The molecule has 0 spiro atoms. The molecule has 0 heterocycles. The molecule has 0 saturated carbocycles. The molecule has 17 heavy (non-hydrogen) atoms. The van der Waals surface area contributed by atoms with Crippen LogP contribution in [-0.2, 0) is 11.2 Å². The van der Waals surface area contributed by atoms with E-state index < -0.39 is 28.3 Å². The number of hydrogen-bond donors (Lipinski definition) is 1. The molecule has 0 aliphatic rings. The van der Waals surface area contributed by atoms with Crippen molar-refractivity contribution in [2.75, 3.05) is 0 Å². The number of benzene rings is 1. The zero-order chi connectivity index (χ0) is 13.0. The summed E-state index contributed by atoms with van der Waals surface area (Å²) in [6.45, 7) is 1.67. The van der Waals surface area contributed by atoms with Crippen LogP contribution in [0.3, 0.4) is 0 Å². The van der Waals surface area contributed by atoms with Crippen molar-refractivity contribution in [2.24, 2.45) is 5.92 Å². The molecule has 1 aromatic carbocycles. The molecule has 1 unspecified atom stereocenters. The van der Waals surface area contributed by atoms with Crippen LogP contribution >= 0.6 is 0 Å². The standard InChI is InChI=1S/C11H12FNO4/c1-2-7(11(14)15)6-8-4-3-5-9(10(8)12)13(16)17/h3-5,7H,2,6H2,1H3,(H,14,15). The lowest BCUT2D eigenvalue weighted by Gasteiger charge is -2.10. The highest BCUT2D eigenvalue weighted by Crippen LogP contribution is 2.23. The molecule has 92 valence electrons. The van der Waals surface area contributed by atoms with Crippen LogP contribution in [0, 0.1) is 21.8 Å². The maximum absolute atomic E-state index is 13.6. The van der Waals surface area contributed by atoms with Gasteiger partial charge in [0.25, 0.3) is 0 Å². The van der Waals surface area contributed by atoms with Crippen LogP contribution in [-0.4, -0.2) is 16.0 Å². The first-order valence-electron chi connectivity index (χ1n) is 5.12. The highest BCUT2D eigenvalue weighted by atomic mass is 19.1. The first kappa shape index (κ1) is 13.1. The number of aliphatic carboxylic acids is 1. The van der Waals surface area contributed by atoms with Crippen molar-refractivity contribution in [1.29, 1.82) is 0 Å². The predicted octanol–water partition coefficient (Wildman–Crippen LogP) is 2.39. The first-order chi connectivity index (χ1) is 7.97. The van der Waals surface area contributed by atoms with Crippen LogP contribution in [0.1, 0.15) is 18.9 Å². The minimum absolute atomic E-state index is 0.0423. The maximum atomic E-state index is 13.6. The highest BCUT2D eigenvalue weighted by molar-refractivity contribution is 5.70. The average molecular weight is 241 g/mol. The van der Waals surface area contributed by atoms with Crippen LogP contribution in [0.25, 0.3) is 0 Å². The third-order valence-electron chi connectivity index (χ3n) is 2.56. The molecule has 6 heteroatoms. The van der Waals surface area contributed by atoms with Gasteiger partial charge in [0.15, 0.2) is 0 Å². The molecule has 0 saturated heterocycles. The van der Waals surface area contributed by atoms with E-state index in [-0.39, 0.29) is 12.0 Å². The first-order valence-corrected chi connectivity index (χ1v) is 5.12. The second-order valence-corrected chi connectivity index (χ2v) is 3.65. The number of nitro groups is 1. The summed E-state index contributed by atoms with van der Waals surface area (Å²) in [4.78, 5) is 20.5. The Hall–Kier alpha value is -1.98. The van der Waals surface area contributed by atoms with Gasteiger partial charge in [0.2, 0.25) is 5.82 Å². The second kappa shape index (κ2) is 5.38. The summed E-state index contributed by atoms with van der Waals surface area (Å²) >= 11 is 0. The fourth-order valence-electron chi connectivity index (χ4n) is 1.54. The number of halogens is 1. The van der Waals surface area contributed by atoms with Gasteiger partial charge in [-0.05, 0) is 18.4 Å². The van der Waals surface area contributed by atoms with Gasteiger partial charge in [0.05, 0.1) is 10.8 Å². The number of carboxylic acids is 1. The minimum Gasteiger partial charge on any atom is -0.481 e. The predicted molar refractivity (Wildman–Crippen MR) is 58.2 cm³/mol. The number of rotatable bonds is 5. The highest BCUT2D eigenvalue weighted by Gasteiger charge is 2.22. The van der Waals surface area contributed by atoms with Crippen molar-refractivity contribution in [3.63, 3.8) is 0 Å². The molecule has 0 aliphatic heterocycles. The Labute approximate surface area is 97.0 Å². The van der Waals surface area contributed by atoms with E-state index in [1.54, 1.807) is 6.92 Å². The van der Waals surface area contributed by atoms with E-state index in [4.69, 9.17) is 5.11 Å². The van der Waals surface area contributed by atoms with E-state index in [1.165, 1.54) is 12.1 Å². The van der Waals surface area contributed by atoms with Gasteiger partial charge in [-0.2, -0.15) is 4.39 Å². The smallest absolute Gasteiger partial charge is 0.306 e. The number of nitrogens with zero attached hydrogens (tertiary/aromatic N) is 1. The normalized spacial score (nSPS) is 12.1. The van der Waals surface area contributed by atoms with Crippen molar-refractivity contribution in [3.8, 4) is 0 Å². The molecular formula is C11H12FNO4. The van der Waals surface area contributed by atoms with Crippen molar-refractivity contribution in [2.45, 2.75) is 19.8 Å². The van der Waals surface area contributed by atoms with Gasteiger partial charge in [0, 0.05) is 6.07 Å². The average Bonchev–Trinajstić information content (AvgIpc) is 2.26. The van der Waals surface area contributed by atoms with Crippen LogP contribution in [0.2, 0.25) is 0 Å². The number of nitro benzene ring substituents is 1. The molecule has 0 bridgehead atoms. The van der Waals surface area contributed by atoms with Crippen molar-refractivity contribution in [1.82, 2.24) is 0 Å². The topological polar surface area (TPSA) is 80.4 Å². The van der Waals surface area contributed by atoms with Crippen molar-refractivity contribution in [3.05, 3.63) is 39.7 Å². The van der Waals surface area contributed by atoms with E-state index in [0.717, 1.165) is 6.07 Å². The number of carboxylic acid groups (broad SMARTS) is 1. The molecule has 0 amide bonds. The van der Waals surface area contributed by atoms with E-state index in [1.807, 2.05) is 0 Å². The number of carbonyl (C=O) groups is 1. The molecular weight excluding hydrogens is 229 g/mol. The van der Waals surface area contributed by atoms with Crippen LogP contribution in [0.15, 0.2) is 18.2 Å². The molecule has 0 aliphatic carbocycles. The Morgan fingerprint density at radius 1 is 1.59 bits per heavy atom. The lowest BCUT2D eigenvalue weighted by atomic mass is 9.96. The zero-order valence-corrected chi connectivity index (χ0v) is 9.22. The molecule has 1 rings (SSSR count). The lowest BCUT2D eigenvalue weighted by molar-refractivity contribution is -0.387. The Morgan fingerprint density at radius 3 is 2.71 bits per heavy atom. The molecule has 5 nitrogen and oxygen atoms in total. The Morgan fingerprint density at radius 2 is 2.24 bits per heavy atom. The summed E-state index contributed by atoms with van der Waals surface area (Å²) in [5.74, 6) is -2.71. The van der Waals surface area contributed by atoms with Gasteiger partial charge < -0.3 is 5.11 Å².